The van der Waals surface area contributed by atoms with Gasteiger partial charge in [-0.25, -0.2) is 0 Å². The lowest BCUT2D eigenvalue weighted by atomic mass is 10.00. The number of hydrogen-bond acceptors (Lipinski definition) is 2. The van der Waals surface area contributed by atoms with Crippen LogP contribution in [-0.2, 0) is 0 Å². The Morgan fingerprint density at radius 3 is 2.67 bits per heavy atom. The largest absolute Gasteiger partial charge is 0.347 e. The van der Waals surface area contributed by atoms with E-state index in [1.807, 2.05) is 39.0 Å². The summed E-state index contributed by atoms with van der Waals surface area (Å²) in [6.45, 7) is 6.33. The van der Waals surface area contributed by atoms with Crippen LogP contribution in [-0.4, -0.2) is 18.0 Å². The predicted octanol–water partition coefficient (Wildman–Crippen LogP) is 1.92. The topological polar surface area (TPSA) is 55.1 Å². The zero-order chi connectivity index (χ0) is 13.6. The Morgan fingerprint density at radius 1 is 1.39 bits per heavy atom. The molecule has 0 spiro atoms. The molecular weight excluding hydrogens is 224 g/mol. The molecule has 18 heavy (non-hydrogen) atoms. The Balaban J connectivity index is 2.99. The minimum Gasteiger partial charge on any atom is -0.347 e. The molecule has 0 aliphatic rings. The van der Waals surface area contributed by atoms with Gasteiger partial charge in [0, 0.05) is 11.1 Å². The Hall–Kier alpha value is -1.79. The van der Waals surface area contributed by atoms with Crippen molar-refractivity contribution in [1.82, 2.24) is 5.32 Å². The van der Waals surface area contributed by atoms with E-state index >= 15 is 0 Å². The maximum Gasteiger partial charge on any atom is 0.252 e. The van der Waals surface area contributed by atoms with Crippen molar-refractivity contribution < 1.29 is 4.79 Å². The second-order valence-electron chi connectivity index (χ2n) is 4.74. The van der Waals surface area contributed by atoms with Crippen LogP contribution in [0.3, 0.4) is 0 Å². The second kappa shape index (κ2) is 6.23. The first-order valence-corrected chi connectivity index (χ1v) is 6.10. The van der Waals surface area contributed by atoms with Crippen LogP contribution in [0.4, 0.5) is 0 Å². The highest BCUT2D eigenvalue weighted by molar-refractivity contribution is 5.97. The van der Waals surface area contributed by atoms with Gasteiger partial charge in [0.15, 0.2) is 0 Å². The van der Waals surface area contributed by atoms with Gasteiger partial charge < -0.3 is 11.1 Å². The lowest BCUT2D eigenvalue weighted by Crippen LogP contribution is -2.43. The Kier molecular flexibility index (Phi) is 4.94. The van der Waals surface area contributed by atoms with Gasteiger partial charge in [0.2, 0.25) is 0 Å². The average molecular weight is 244 g/mol. The molecule has 3 heteroatoms. The first-order chi connectivity index (χ1) is 8.50. The molecule has 0 bridgehead atoms. The minimum atomic E-state index is -0.217. The highest BCUT2D eigenvalue weighted by atomic mass is 16.1. The van der Waals surface area contributed by atoms with E-state index in [9.17, 15) is 4.79 Å². The molecule has 0 radical (unpaired) electrons. The summed E-state index contributed by atoms with van der Waals surface area (Å²) in [6.07, 6.45) is 0.870. The van der Waals surface area contributed by atoms with Gasteiger partial charge in [0.1, 0.15) is 0 Å². The third-order valence-electron chi connectivity index (χ3n) is 2.83. The summed E-state index contributed by atoms with van der Waals surface area (Å²) in [5.74, 6) is 5.60. The van der Waals surface area contributed by atoms with E-state index in [1.165, 1.54) is 0 Å². The molecule has 0 aliphatic carbocycles. The molecule has 0 fully saturated rings. The van der Waals surface area contributed by atoms with Crippen LogP contribution >= 0.6 is 0 Å². The minimum absolute atomic E-state index is 0.0937. The van der Waals surface area contributed by atoms with Crippen LogP contribution in [0.25, 0.3) is 0 Å². The SMILES string of the molecule is CCC(C)(C)NC(=O)c1ccccc1C#CCN. The monoisotopic (exact) mass is 244 g/mol. The molecule has 0 saturated carbocycles. The van der Waals surface area contributed by atoms with Crippen molar-refractivity contribution in [3.05, 3.63) is 35.4 Å². The fourth-order valence-electron chi connectivity index (χ4n) is 1.40. The molecule has 0 aromatic heterocycles. The van der Waals surface area contributed by atoms with Gasteiger partial charge >= 0.3 is 0 Å². The summed E-state index contributed by atoms with van der Waals surface area (Å²) in [5, 5.41) is 3.00. The molecule has 0 aliphatic heterocycles. The predicted molar refractivity (Wildman–Crippen MR) is 74.2 cm³/mol. The van der Waals surface area contributed by atoms with Crippen LogP contribution in [0, 0.1) is 11.8 Å². The van der Waals surface area contributed by atoms with Gasteiger partial charge in [-0.2, -0.15) is 0 Å². The summed E-state index contributed by atoms with van der Waals surface area (Å²) in [7, 11) is 0. The zero-order valence-electron chi connectivity index (χ0n) is 11.2. The number of carbonyl (C=O) groups excluding carboxylic acids is 1. The lowest BCUT2D eigenvalue weighted by molar-refractivity contribution is 0.0911. The van der Waals surface area contributed by atoms with Crippen molar-refractivity contribution in [3.63, 3.8) is 0 Å². The molecule has 1 aromatic rings. The molecule has 3 nitrogen and oxygen atoms in total. The van der Waals surface area contributed by atoms with Crippen molar-refractivity contribution >= 4 is 5.91 Å². The van der Waals surface area contributed by atoms with Gasteiger partial charge in [0.25, 0.3) is 5.91 Å². The standard InChI is InChI=1S/C15H20N2O/c1-4-15(2,3)17-14(18)13-10-6-5-8-12(13)9-7-11-16/h5-6,8,10H,4,11,16H2,1-3H3,(H,17,18). The number of nitrogens with one attached hydrogen (secondary N) is 1. The van der Waals surface area contributed by atoms with E-state index in [2.05, 4.69) is 17.2 Å². The van der Waals surface area contributed by atoms with Gasteiger partial charge in [-0.1, -0.05) is 30.9 Å². The number of amides is 1. The summed E-state index contributed by atoms with van der Waals surface area (Å²) >= 11 is 0. The molecule has 1 amide bonds. The van der Waals surface area contributed by atoms with Crippen molar-refractivity contribution in [1.29, 1.82) is 0 Å². The van der Waals surface area contributed by atoms with Crippen molar-refractivity contribution in [3.8, 4) is 11.8 Å². The Labute approximate surface area is 109 Å². The smallest absolute Gasteiger partial charge is 0.252 e. The number of benzene rings is 1. The molecule has 1 rings (SSSR count). The normalized spacial score (nSPS) is 10.4. The summed E-state index contributed by atoms with van der Waals surface area (Å²) in [6, 6.07) is 7.31. The molecule has 0 heterocycles. The van der Waals surface area contributed by atoms with E-state index in [1.54, 1.807) is 6.07 Å². The van der Waals surface area contributed by atoms with Crippen molar-refractivity contribution in [2.24, 2.45) is 5.73 Å². The highest BCUT2D eigenvalue weighted by Gasteiger charge is 2.19. The van der Waals surface area contributed by atoms with E-state index in [4.69, 9.17) is 5.73 Å². The fraction of sp³-hybridized carbons (Fsp3) is 0.400. The van der Waals surface area contributed by atoms with E-state index < -0.39 is 0 Å². The number of nitrogens with two attached hydrogens (primary N) is 1. The van der Waals surface area contributed by atoms with Gasteiger partial charge in [0.05, 0.1) is 12.1 Å². The Morgan fingerprint density at radius 2 is 2.06 bits per heavy atom. The van der Waals surface area contributed by atoms with Crippen molar-refractivity contribution in [2.45, 2.75) is 32.7 Å². The molecule has 0 saturated heterocycles. The van der Waals surface area contributed by atoms with Gasteiger partial charge in [-0.3, -0.25) is 4.79 Å². The zero-order valence-corrected chi connectivity index (χ0v) is 11.2. The van der Waals surface area contributed by atoms with Crippen LogP contribution in [0.15, 0.2) is 24.3 Å². The van der Waals surface area contributed by atoms with Crippen LogP contribution < -0.4 is 11.1 Å². The third-order valence-corrected chi connectivity index (χ3v) is 2.83. The first-order valence-electron chi connectivity index (χ1n) is 6.10. The number of hydrogen-bond donors (Lipinski definition) is 2. The van der Waals surface area contributed by atoms with Crippen molar-refractivity contribution in [2.75, 3.05) is 6.54 Å². The molecule has 0 atom stereocenters. The highest BCUT2D eigenvalue weighted by Crippen LogP contribution is 2.12. The van der Waals surface area contributed by atoms with E-state index in [-0.39, 0.29) is 18.0 Å². The number of carbonyl (C=O) groups is 1. The maximum atomic E-state index is 12.2. The van der Waals surface area contributed by atoms with Gasteiger partial charge in [-0.05, 0) is 32.4 Å². The molecule has 3 N–H and O–H groups in total. The van der Waals surface area contributed by atoms with Crippen LogP contribution in [0.1, 0.15) is 43.1 Å². The van der Waals surface area contributed by atoms with E-state index in [0.29, 0.717) is 11.1 Å². The van der Waals surface area contributed by atoms with E-state index in [0.717, 1.165) is 6.42 Å². The molecular formula is C15H20N2O. The fourth-order valence-corrected chi connectivity index (χ4v) is 1.40. The first kappa shape index (κ1) is 14.3. The van der Waals surface area contributed by atoms with Crippen LogP contribution in [0.5, 0.6) is 0 Å². The summed E-state index contributed by atoms with van der Waals surface area (Å²) < 4.78 is 0. The molecule has 96 valence electrons. The lowest BCUT2D eigenvalue weighted by Gasteiger charge is -2.24. The second-order valence-corrected chi connectivity index (χ2v) is 4.74. The van der Waals surface area contributed by atoms with Crippen LogP contribution in [0.2, 0.25) is 0 Å². The summed E-state index contributed by atoms with van der Waals surface area (Å²) in [5.41, 5.74) is 6.45. The Bertz CT molecular complexity index is 481. The third kappa shape index (κ3) is 3.90. The summed E-state index contributed by atoms with van der Waals surface area (Å²) in [4.78, 5) is 12.2. The maximum absolute atomic E-state index is 12.2. The number of rotatable bonds is 3. The molecule has 1 aromatic carbocycles. The van der Waals surface area contributed by atoms with Gasteiger partial charge in [-0.15, -0.1) is 0 Å². The average Bonchev–Trinajstić information content (AvgIpc) is 2.36. The molecule has 0 unspecified atom stereocenters. The quantitative estimate of drug-likeness (QED) is 0.798.